The van der Waals surface area contributed by atoms with E-state index in [1.807, 2.05) is 24.3 Å². The molecule has 0 saturated carbocycles. The van der Waals surface area contributed by atoms with E-state index >= 15 is 0 Å². The zero-order valence-electron chi connectivity index (χ0n) is 17.9. The van der Waals surface area contributed by atoms with E-state index in [0.717, 1.165) is 17.3 Å². The summed E-state index contributed by atoms with van der Waals surface area (Å²) in [7, 11) is 3.38. The molecular weight excluding hydrogens is 525 g/mol. The summed E-state index contributed by atoms with van der Waals surface area (Å²) in [4.78, 5) is 25.2. The molecule has 3 aromatic rings. The lowest BCUT2D eigenvalue weighted by molar-refractivity contribution is 0.0657. The fourth-order valence-electron chi connectivity index (χ4n) is 3.42. The number of hydrogen-bond donors (Lipinski definition) is 2. The highest BCUT2D eigenvalue weighted by Crippen LogP contribution is 2.19. The maximum absolute atomic E-state index is 12.4. The molecule has 0 bridgehead atoms. The van der Waals surface area contributed by atoms with E-state index in [2.05, 4.69) is 30.4 Å². The Morgan fingerprint density at radius 1 is 1.19 bits per heavy atom. The maximum Gasteiger partial charge on any atom is 0.289 e. The number of piperazine rings is 1. The van der Waals surface area contributed by atoms with Crippen LogP contribution in [0.1, 0.15) is 16.4 Å². The summed E-state index contributed by atoms with van der Waals surface area (Å²) >= 11 is 0. The number of carbonyl (C=O) groups excluding carboxylic acids is 1. The van der Waals surface area contributed by atoms with Gasteiger partial charge in [0.15, 0.2) is 17.5 Å². The van der Waals surface area contributed by atoms with Gasteiger partial charge in [0.1, 0.15) is 11.6 Å². The molecule has 1 aliphatic rings. The van der Waals surface area contributed by atoms with Crippen molar-refractivity contribution in [1.29, 1.82) is 0 Å². The summed E-state index contributed by atoms with van der Waals surface area (Å²) in [6.45, 7) is 3.02. The zero-order valence-corrected chi connectivity index (χ0v) is 20.3. The van der Waals surface area contributed by atoms with E-state index in [1.165, 1.54) is 6.26 Å². The SMILES string of the molecule is CN=C(NCc1nc(-c2ccc(OC)cc2)n[nH]1)N1CCN(C(=O)c2ccco2)CC1.I. The molecular formula is C21H26IN7O3. The lowest BCUT2D eigenvalue weighted by Gasteiger charge is -2.36. The number of benzene rings is 1. The normalized spacial score (nSPS) is 14.1. The van der Waals surface area contributed by atoms with Gasteiger partial charge in [-0.1, -0.05) is 0 Å². The molecule has 0 atom stereocenters. The first-order valence-corrected chi connectivity index (χ1v) is 10.0. The number of ether oxygens (including phenoxy) is 1. The monoisotopic (exact) mass is 551 g/mol. The number of nitrogens with one attached hydrogen (secondary N) is 2. The van der Waals surface area contributed by atoms with Gasteiger partial charge in [-0.3, -0.25) is 14.9 Å². The predicted octanol–water partition coefficient (Wildman–Crippen LogP) is 2.22. The highest BCUT2D eigenvalue weighted by Gasteiger charge is 2.25. The first kappa shape index (κ1) is 23.6. The van der Waals surface area contributed by atoms with E-state index < -0.39 is 0 Å². The standard InChI is InChI=1S/C21H25N7O3.HI/c1-22-21(28-11-9-27(10-12-28)20(29)17-4-3-13-31-17)23-14-18-24-19(26-25-18)15-5-7-16(30-2)8-6-15;/h3-8,13H,9-12,14H2,1-2H3,(H,22,23)(H,24,25,26);1H. The third kappa shape index (κ3) is 5.39. The van der Waals surface area contributed by atoms with E-state index in [1.54, 1.807) is 31.2 Å². The molecule has 1 aromatic carbocycles. The average molecular weight is 551 g/mol. The Bertz CT molecular complexity index is 1030. The molecule has 0 spiro atoms. The number of methoxy groups -OCH3 is 1. The number of hydrogen-bond acceptors (Lipinski definition) is 6. The Labute approximate surface area is 203 Å². The first-order valence-electron chi connectivity index (χ1n) is 10.0. The van der Waals surface area contributed by atoms with Gasteiger partial charge in [0, 0.05) is 38.8 Å². The van der Waals surface area contributed by atoms with Gasteiger partial charge in [-0.05, 0) is 36.4 Å². The van der Waals surface area contributed by atoms with Crippen LogP contribution in [-0.2, 0) is 6.54 Å². The van der Waals surface area contributed by atoms with Crippen LogP contribution >= 0.6 is 24.0 Å². The Balaban J connectivity index is 0.00000289. The van der Waals surface area contributed by atoms with Crippen molar-refractivity contribution < 1.29 is 13.9 Å². The number of guanidine groups is 1. The number of carbonyl (C=O) groups is 1. The molecule has 4 rings (SSSR count). The minimum Gasteiger partial charge on any atom is -0.497 e. The van der Waals surface area contributed by atoms with E-state index in [9.17, 15) is 4.79 Å². The molecule has 0 radical (unpaired) electrons. The molecule has 0 unspecified atom stereocenters. The van der Waals surface area contributed by atoms with Crippen molar-refractivity contribution in [3.8, 4) is 17.1 Å². The summed E-state index contributed by atoms with van der Waals surface area (Å²) in [6.07, 6.45) is 1.51. The summed E-state index contributed by atoms with van der Waals surface area (Å²) in [5, 5.41) is 10.6. The van der Waals surface area contributed by atoms with Crippen molar-refractivity contribution in [3.05, 3.63) is 54.2 Å². The maximum atomic E-state index is 12.4. The molecule has 1 aliphatic heterocycles. The summed E-state index contributed by atoms with van der Waals surface area (Å²) in [6, 6.07) is 11.0. The lowest BCUT2D eigenvalue weighted by atomic mass is 10.2. The minimum atomic E-state index is -0.0830. The van der Waals surface area contributed by atoms with Gasteiger partial charge < -0.3 is 24.3 Å². The second-order valence-corrected chi connectivity index (χ2v) is 6.99. The van der Waals surface area contributed by atoms with Gasteiger partial charge >= 0.3 is 0 Å². The van der Waals surface area contributed by atoms with Crippen LogP contribution in [0, 0.1) is 0 Å². The predicted molar refractivity (Wildman–Crippen MR) is 130 cm³/mol. The number of aromatic nitrogens is 3. The number of rotatable bonds is 5. The van der Waals surface area contributed by atoms with Crippen LogP contribution in [0.15, 0.2) is 52.1 Å². The smallest absolute Gasteiger partial charge is 0.289 e. The Kier molecular flexibility index (Phi) is 8.09. The number of furan rings is 1. The Morgan fingerprint density at radius 3 is 2.53 bits per heavy atom. The molecule has 11 heteroatoms. The number of H-pyrrole nitrogens is 1. The molecule has 32 heavy (non-hydrogen) atoms. The minimum absolute atomic E-state index is 0. The fraction of sp³-hybridized carbons (Fsp3) is 0.333. The topological polar surface area (TPSA) is 112 Å². The molecule has 170 valence electrons. The highest BCUT2D eigenvalue weighted by molar-refractivity contribution is 14.0. The van der Waals surface area contributed by atoms with Crippen LogP contribution in [-0.4, -0.2) is 77.2 Å². The van der Waals surface area contributed by atoms with Crippen LogP contribution < -0.4 is 10.1 Å². The van der Waals surface area contributed by atoms with Crippen LogP contribution in [0.3, 0.4) is 0 Å². The van der Waals surface area contributed by atoms with Gasteiger partial charge in [-0.2, -0.15) is 5.10 Å². The lowest BCUT2D eigenvalue weighted by Crippen LogP contribution is -2.53. The first-order chi connectivity index (χ1) is 15.2. The summed E-state index contributed by atoms with van der Waals surface area (Å²) < 4.78 is 10.4. The highest BCUT2D eigenvalue weighted by atomic mass is 127. The third-order valence-electron chi connectivity index (χ3n) is 5.10. The number of aliphatic imine (C=N–C) groups is 1. The molecule has 10 nitrogen and oxygen atoms in total. The van der Waals surface area contributed by atoms with Crippen LogP contribution in [0.25, 0.3) is 11.4 Å². The van der Waals surface area contributed by atoms with Crippen molar-refractivity contribution in [2.75, 3.05) is 40.3 Å². The second kappa shape index (κ2) is 11.0. The number of amides is 1. The molecule has 3 heterocycles. The van der Waals surface area contributed by atoms with Crippen molar-refractivity contribution in [1.82, 2.24) is 30.3 Å². The quantitative estimate of drug-likeness (QED) is 0.284. The molecule has 1 fully saturated rings. The number of nitrogens with zero attached hydrogens (tertiary/aromatic N) is 5. The largest absolute Gasteiger partial charge is 0.497 e. The zero-order chi connectivity index (χ0) is 21.6. The van der Waals surface area contributed by atoms with Gasteiger partial charge in [-0.15, -0.1) is 24.0 Å². The summed E-state index contributed by atoms with van der Waals surface area (Å²) in [5.74, 6) is 3.16. The van der Waals surface area contributed by atoms with Crippen LogP contribution in [0.4, 0.5) is 0 Å². The fourth-order valence-corrected chi connectivity index (χ4v) is 3.42. The Morgan fingerprint density at radius 2 is 1.91 bits per heavy atom. The van der Waals surface area contributed by atoms with Crippen molar-refractivity contribution in [2.24, 2.45) is 4.99 Å². The van der Waals surface area contributed by atoms with E-state index in [-0.39, 0.29) is 29.9 Å². The van der Waals surface area contributed by atoms with Crippen molar-refractivity contribution >= 4 is 35.8 Å². The molecule has 2 N–H and O–H groups in total. The average Bonchev–Trinajstić information content (AvgIpc) is 3.52. The molecule has 1 amide bonds. The van der Waals surface area contributed by atoms with Gasteiger partial charge in [-0.25, -0.2) is 4.98 Å². The second-order valence-electron chi connectivity index (χ2n) is 6.99. The van der Waals surface area contributed by atoms with Crippen molar-refractivity contribution in [2.45, 2.75) is 6.54 Å². The molecule has 1 saturated heterocycles. The van der Waals surface area contributed by atoms with Gasteiger partial charge in [0.05, 0.1) is 19.9 Å². The third-order valence-corrected chi connectivity index (χ3v) is 5.10. The number of aromatic amines is 1. The van der Waals surface area contributed by atoms with Gasteiger partial charge in [0.25, 0.3) is 5.91 Å². The Hall–Kier alpha value is -3.09. The van der Waals surface area contributed by atoms with Gasteiger partial charge in [0.2, 0.25) is 0 Å². The van der Waals surface area contributed by atoms with E-state index in [4.69, 9.17) is 9.15 Å². The summed E-state index contributed by atoms with van der Waals surface area (Å²) in [5.41, 5.74) is 0.907. The number of halogens is 1. The van der Waals surface area contributed by atoms with E-state index in [0.29, 0.717) is 50.1 Å². The molecule has 2 aromatic heterocycles. The van der Waals surface area contributed by atoms with Crippen LogP contribution in [0.2, 0.25) is 0 Å². The van der Waals surface area contributed by atoms with Crippen molar-refractivity contribution in [3.63, 3.8) is 0 Å². The molecule has 0 aliphatic carbocycles. The van der Waals surface area contributed by atoms with Crippen LogP contribution in [0.5, 0.6) is 5.75 Å².